The van der Waals surface area contributed by atoms with Crippen LogP contribution in [-0.4, -0.2) is 10.4 Å². The number of aryl methyl sites for hydroxylation is 1. The second-order valence-electron chi connectivity index (χ2n) is 3.05. The molecular weight excluding hydrogens is 152 g/mol. The average molecular weight is 168 g/mol. The van der Waals surface area contributed by atoms with E-state index in [-0.39, 0.29) is 0 Å². The fraction of sp³-hybridized carbons (Fsp3) is 0.778. The molecule has 0 N–H and O–H groups in total. The minimum absolute atomic E-state index is 0.909. The Kier molecular flexibility index (Phi) is 4.42. The van der Waals surface area contributed by atoms with Gasteiger partial charge in [-0.3, -0.25) is 0 Å². The van der Waals surface area contributed by atoms with E-state index in [2.05, 4.69) is 17.3 Å². The zero-order chi connectivity index (χ0) is 8.65. The summed E-state index contributed by atoms with van der Waals surface area (Å²) >= 11 is 0. The van der Waals surface area contributed by atoms with Crippen molar-refractivity contribution in [3.05, 3.63) is 12.0 Å². The number of unbranched alkanes of at least 4 members (excludes halogenated alkanes) is 4. The van der Waals surface area contributed by atoms with Crippen molar-refractivity contribution in [2.75, 3.05) is 0 Å². The predicted molar refractivity (Wildman–Crippen MR) is 46.8 cm³/mol. The van der Waals surface area contributed by atoms with Crippen LogP contribution < -0.4 is 0 Å². The summed E-state index contributed by atoms with van der Waals surface area (Å²) in [5.41, 5.74) is 0. The minimum atomic E-state index is 0.909. The second-order valence-corrected chi connectivity index (χ2v) is 3.05. The van der Waals surface area contributed by atoms with Crippen molar-refractivity contribution < 1.29 is 4.52 Å². The fourth-order valence-electron chi connectivity index (χ4n) is 1.20. The average Bonchev–Trinajstić information content (AvgIpc) is 2.57. The Bertz CT molecular complexity index is 184. The number of hydrogen-bond donors (Lipinski definition) is 0. The van der Waals surface area contributed by atoms with Crippen molar-refractivity contribution in [1.82, 2.24) is 10.4 Å². The molecular formula is C9H16N2O. The molecule has 0 radical (unpaired) electrons. The summed E-state index contributed by atoms with van der Waals surface area (Å²) in [6, 6.07) is 0. The molecule has 1 rings (SSSR count). The number of nitrogens with zero attached hydrogens (tertiary/aromatic N) is 2. The lowest BCUT2D eigenvalue weighted by molar-refractivity contribution is 0.358. The van der Waals surface area contributed by atoms with Gasteiger partial charge in [-0.2, -0.15) is 0 Å². The molecule has 68 valence electrons. The van der Waals surface area contributed by atoms with Crippen LogP contribution >= 0.6 is 0 Å². The van der Waals surface area contributed by atoms with E-state index in [1.54, 1.807) is 6.20 Å². The van der Waals surface area contributed by atoms with Gasteiger partial charge in [0, 0.05) is 11.7 Å². The Morgan fingerprint density at radius 1 is 1.25 bits per heavy atom. The zero-order valence-electron chi connectivity index (χ0n) is 7.62. The zero-order valence-corrected chi connectivity index (χ0v) is 7.62. The van der Waals surface area contributed by atoms with Crippen LogP contribution in [0.15, 0.2) is 10.7 Å². The lowest BCUT2D eigenvalue weighted by Crippen LogP contribution is -1.82. The Labute approximate surface area is 73.1 Å². The van der Waals surface area contributed by atoms with Gasteiger partial charge in [-0.25, -0.2) is 0 Å². The lowest BCUT2D eigenvalue weighted by atomic mass is 10.1. The summed E-state index contributed by atoms with van der Waals surface area (Å²) in [5.74, 6) is 0.909. The maximum Gasteiger partial charge on any atom is 0.157 e. The fourth-order valence-corrected chi connectivity index (χ4v) is 1.20. The molecule has 12 heavy (non-hydrogen) atoms. The van der Waals surface area contributed by atoms with Crippen molar-refractivity contribution >= 4 is 0 Å². The van der Waals surface area contributed by atoms with Gasteiger partial charge in [-0.15, -0.1) is 5.10 Å². The molecule has 0 aliphatic carbocycles. The third-order valence-electron chi connectivity index (χ3n) is 1.93. The molecule has 0 bridgehead atoms. The summed E-state index contributed by atoms with van der Waals surface area (Å²) in [6.07, 6.45) is 9.12. The molecule has 1 aromatic heterocycles. The molecule has 0 unspecified atom stereocenters. The molecule has 0 aliphatic rings. The first-order chi connectivity index (χ1) is 5.93. The highest BCUT2D eigenvalue weighted by atomic mass is 16.5. The van der Waals surface area contributed by atoms with Gasteiger partial charge < -0.3 is 4.52 Å². The molecule has 0 atom stereocenters. The van der Waals surface area contributed by atoms with E-state index in [0.29, 0.717) is 0 Å². The second kappa shape index (κ2) is 5.75. The van der Waals surface area contributed by atoms with Crippen LogP contribution in [0.3, 0.4) is 0 Å². The van der Waals surface area contributed by atoms with E-state index in [0.717, 1.165) is 12.2 Å². The maximum absolute atomic E-state index is 4.88. The minimum Gasteiger partial charge on any atom is -0.342 e. The van der Waals surface area contributed by atoms with Crippen molar-refractivity contribution in [1.29, 1.82) is 0 Å². The molecule has 0 spiro atoms. The van der Waals surface area contributed by atoms with Gasteiger partial charge >= 0.3 is 0 Å². The SMILES string of the molecule is CCCCCCCc1cnno1. The third kappa shape index (κ3) is 3.51. The van der Waals surface area contributed by atoms with Crippen LogP contribution in [0.4, 0.5) is 0 Å². The Morgan fingerprint density at radius 2 is 2.08 bits per heavy atom. The first-order valence-electron chi connectivity index (χ1n) is 4.69. The lowest BCUT2D eigenvalue weighted by Gasteiger charge is -1.95. The van der Waals surface area contributed by atoms with Crippen molar-refractivity contribution in [2.24, 2.45) is 0 Å². The normalized spacial score (nSPS) is 10.4. The van der Waals surface area contributed by atoms with Gasteiger partial charge in [0.15, 0.2) is 5.76 Å². The molecule has 0 amide bonds. The predicted octanol–water partition coefficient (Wildman–Crippen LogP) is 2.58. The highest BCUT2D eigenvalue weighted by Gasteiger charge is 1.96. The van der Waals surface area contributed by atoms with Gasteiger partial charge in [-0.05, 0) is 6.42 Å². The largest absolute Gasteiger partial charge is 0.342 e. The molecule has 3 nitrogen and oxygen atoms in total. The Hall–Kier alpha value is -0.860. The summed E-state index contributed by atoms with van der Waals surface area (Å²) in [5, 5.41) is 7.03. The van der Waals surface area contributed by atoms with E-state index in [1.165, 1.54) is 32.1 Å². The monoisotopic (exact) mass is 168 g/mol. The van der Waals surface area contributed by atoms with E-state index >= 15 is 0 Å². The first kappa shape index (κ1) is 9.23. The van der Waals surface area contributed by atoms with Gasteiger partial charge in [0.1, 0.15) is 0 Å². The van der Waals surface area contributed by atoms with Crippen LogP contribution in [0.2, 0.25) is 0 Å². The smallest absolute Gasteiger partial charge is 0.157 e. The topological polar surface area (TPSA) is 38.9 Å². The highest BCUT2D eigenvalue weighted by molar-refractivity contribution is 4.84. The van der Waals surface area contributed by atoms with Gasteiger partial charge in [0.25, 0.3) is 0 Å². The van der Waals surface area contributed by atoms with Crippen LogP contribution in [0, 0.1) is 0 Å². The Morgan fingerprint density at radius 3 is 2.75 bits per heavy atom. The summed E-state index contributed by atoms with van der Waals surface area (Å²) < 4.78 is 4.88. The summed E-state index contributed by atoms with van der Waals surface area (Å²) in [4.78, 5) is 0. The molecule has 0 saturated carbocycles. The van der Waals surface area contributed by atoms with Crippen molar-refractivity contribution in [2.45, 2.75) is 45.4 Å². The van der Waals surface area contributed by atoms with E-state index in [1.807, 2.05) is 0 Å². The summed E-state index contributed by atoms with van der Waals surface area (Å²) in [7, 11) is 0. The maximum atomic E-state index is 4.88. The van der Waals surface area contributed by atoms with Gasteiger partial charge in [-0.1, -0.05) is 32.6 Å². The Balaban J connectivity index is 1.96. The number of aromatic nitrogens is 2. The standard InChI is InChI=1S/C9H16N2O/c1-2-3-4-5-6-7-9-8-10-11-12-9/h8H,2-7H2,1H3. The van der Waals surface area contributed by atoms with E-state index in [9.17, 15) is 0 Å². The molecule has 3 heteroatoms. The van der Waals surface area contributed by atoms with Crippen molar-refractivity contribution in [3.63, 3.8) is 0 Å². The summed E-state index contributed by atoms with van der Waals surface area (Å²) in [6.45, 7) is 2.22. The first-order valence-corrected chi connectivity index (χ1v) is 4.69. The van der Waals surface area contributed by atoms with Crippen LogP contribution in [-0.2, 0) is 6.42 Å². The molecule has 0 aliphatic heterocycles. The van der Waals surface area contributed by atoms with Crippen LogP contribution in [0.5, 0.6) is 0 Å². The molecule has 0 aromatic carbocycles. The number of rotatable bonds is 6. The van der Waals surface area contributed by atoms with Crippen molar-refractivity contribution in [3.8, 4) is 0 Å². The van der Waals surface area contributed by atoms with Crippen LogP contribution in [0.1, 0.15) is 44.8 Å². The highest BCUT2D eigenvalue weighted by Crippen LogP contribution is 2.06. The van der Waals surface area contributed by atoms with Crippen LogP contribution in [0.25, 0.3) is 0 Å². The quantitative estimate of drug-likeness (QED) is 0.613. The molecule has 1 aromatic rings. The number of hydrogen-bond acceptors (Lipinski definition) is 3. The van der Waals surface area contributed by atoms with Gasteiger partial charge in [0.05, 0.1) is 6.20 Å². The molecule has 1 heterocycles. The molecule has 0 saturated heterocycles. The van der Waals surface area contributed by atoms with E-state index < -0.39 is 0 Å². The molecule has 0 fully saturated rings. The van der Waals surface area contributed by atoms with E-state index in [4.69, 9.17) is 4.52 Å². The third-order valence-corrected chi connectivity index (χ3v) is 1.93. The van der Waals surface area contributed by atoms with Gasteiger partial charge in [0.2, 0.25) is 0 Å².